The van der Waals surface area contributed by atoms with E-state index in [4.69, 9.17) is 11.6 Å². The van der Waals surface area contributed by atoms with Crippen LogP contribution in [0.2, 0.25) is 5.02 Å². The first-order chi connectivity index (χ1) is 14.1. The van der Waals surface area contributed by atoms with Crippen molar-refractivity contribution in [3.8, 4) is 22.5 Å². The number of hydrogen-bond acceptors (Lipinski definition) is 5. The summed E-state index contributed by atoms with van der Waals surface area (Å²) in [5.41, 5.74) is 2.80. The van der Waals surface area contributed by atoms with Gasteiger partial charge in [-0.3, -0.25) is 19.7 Å². The molecule has 0 aliphatic carbocycles. The van der Waals surface area contributed by atoms with Crippen LogP contribution in [0.5, 0.6) is 0 Å². The SMILES string of the molecule is O=C(Nc1cnc(-c2ccncc2Cl)c(-c2ccncc2)n1)c1ccc(F)cc1. The minimum absolute atomic E-state index is 0.250. The van der Waals surface area contributed by atoms with Crippen molar-refractivity contribution in [3.05, 3.63) is 89.9 Å². The fourth-order valence-electron chi connectivity index (χ4n) is 2.71. The maximum atomic E-state index is 13.1. The van der Waals surface area contributed by atoms with Gasteiger partial charge in [-0.25, -0.2) is 9.37 Å². The van der Waals surface area contributed by atoms with Gasteiger partial charge in [-0.2, -0.15) is 0 Å². The molecule has 0 spiro atoms. The monoisotopic (exact) mass is 405 g/mol. The number of pyridine rings is 2. The van der Waals surface area contributed by atoms with Crippen LogP contribution in [0.3, 0.4) is 0 Å². The summed E-state index contributed by atoms with van der Waals surface area (Å²) in [6, 6.07) is 10.5. The molecule has 1 aromatic carbocycles. The predicted molar refractivity (Wildman–Crippen MR) is 108 cm³/mol. The van der Waals surface area contributed by atoms with Crippen molar-refractivity contribution >= 4 is 23.3 Å². The molecule has 0 fully saturated rings. The minimum Gasteiger partial charge on any atom is -0.305 e. The largest absolute Gasteiger partial charge is 0.305 e. The van der Waals surface area contributed by atoms with Gasteiger partial charge in [0.25, 0.3) is 5.91 Å². The molecule has 0 saturated heterocycles. The Balaban J connectivity index is 1.75. The second kappa shape index (κ2) is 8.12. The van der Waals surface area contributed by atoms with Crippen LogP contribution in [0.25, 0.3) is 22.5 Å². The lowest BCUT2D eigenvalue weighted by Gasteiger charge is -2.12. The van der Waals surface area contributed by atoms with E-state index in [9.17, 15) is 9.18 Å². The number of nitrogens with one attached hydrogen (secondary N) is 1. The van der Waals surface area contributed by atoms with Crippen molar-refractivity contribution in [2.75, 3.05) is 5.32 Å². The molecular weight excluding hydrogens is 393 g/mol. The van der Waals surface area contributed by atoms with Crippen molar-refractivity contribution < 1.29 is 9.18 Å². The molecule has 4 aromatic rings. The molecule has 3 heterocycles. The molecule has 1 amide bonds. The highest BCUT2D eigenvalue weighted by molar-refractivity contribution is 6.33. The molecule has 0 atom stereocenters. The Morgan fingerprint density at radius 1 is 0.897 bits per heavy atom. The zero-order valence-corrected chi connectivity index (χ0v) is 15.6. The second-order valence-corrected chi connectivity index (χ2v) is 6.41. The van der Waals surface area contributed by atoms with Crippen molar-refractivity contribution in [1.82, 2.24) is 19.9 Å². The summed E-state index contributed by atoms with van der Waals surface area (Å²) in [6.45, 7) is 0. The number of carbonyl (C=O) groups is 1. The minimum atomic E-state index is -0.422. The molecule has 3 aromatic heterocycles. The molecule has 142 valence electrons. The van der Waals surface area contributed by atoms with Crippen LogP contribution in [-0.4, -0.2) is 25.8 Å². The van der Waals surface area contributed by atoms with Crippen molar-refractivity contribution in [2.45, 2.75) is 0 Å². The van der Waals surface area contributed by atoms with Crippen molar-refractivity contribution in [2.24, 2.45) is 0 Å². The summed E-state index contributed by atoms with van der Waals surface area (Å²) in [7, 11) is 0. The second-order valence-electron chi connectivity index (χ2n) is 6.00. The standard InChI is InChI=1S/C21H13ClFN5O/c22-17-11-25-10-7-16(17)20-19(13-5-8-24-9-6-13)27-18(12-26-20)28-21(29)14-1-3-15(23)4-2-14/h1-12H,(H,27,28,29). The summed E-state index contributed by atoms with van der Waals surface area (Å²) >= 11 is 6.29. The van der Waals surface area contributed by atoms with Gasteiger partial charge in [-0.1, -0.05) is 11.6 Å². The first-order valence-electron chi connectivity index (χ1n) is 8.56. The maximum absolute atomic E-state index is 13.1. The van der Waals surface area contributed by atoms with E-state index in [-0.39, 0.29) is 5.82 Å². The highest BCUT2D eigenvalue weighted by Gasteiger charge is 2.16. The Bertz CT molecular complexity index is 1170. The van der Waals surface area contributed by atoms with E-state index >= 15 is 0 Å². The Hall–Kier alpha value is -3.71. The molecule has 0 radical (unpaired) electrons. The highest BCUT2D eigenvalue weighted by atomic mass is 35.5. The van der Waals surface area contributed by atoms with Gasteiger partial charge in [0.15, 0.2) is 5.82 Å². The Kier molecular flexibility index (Phi) is 5.22. The normalized spacial score (nSPS) is 10.6. The lowest BCUT2D eigenvalue weighted by molar-refractivity contribution is 0.102. The van der Waals surface area contributed by atoms with E-state index < -0.39 is 11.7 Å². The number of hydrogen-bond donors (Lipinski definition) is 1. The summed E-state index contributed by atoms with van der Waals surface area (Å²) in [4.78, 5) is 29.5. The molecule has 29 heavy (non-hydrogen) atoms. The number of anilines is 1. The summed E-state index contributed by atoms with van der Waals surface area (Å²) < 4.78 is 13.1. The number of halogens is 2. The van der Waals surface area contributed by atoms with Gasteiger partial charge in [0.05, 0.1) is 22.6 Å². The van der Waals surface area contributed by atoms with Crippen LogP contribution >= 0.6 is 11.6 Å². The van der Waals surface area contributed by atoms with Crippen molar-refractivity contribution in [3.63, 3.8) is 0 Å². The van der Waals surface area contributed by atoms with E-state index in [1.54, 1.807) is 36.8 Å². The van der Waals surface area contributed by atoms with E-state index in [1.165, 1.54) is 36.7 Å². The summed E-state index contributed by atoms with van der Waals surface area (Å²) in [5, 5.41) is 3.12. The molecule has 1 N–H and O–H groups in total. The quantitative estimate of drug-likeness (QED) is 0.534. The molecule has 0 aliphatic rings. The molecule has 8 heteroatoms. The molecule has 4 rings (SSSR count). The number of nitrogens with zero attached hydrogens (tertiary/aromatic N) is 4. The smallest absolute Gasteiger partial charge is 0.256 e. The fraction of sp³-hybridized carbons (Fsp3) is 0. The third-order valence-corrected chi connectivity index (χ3v) is 4.40. The summed E-state index contributed by atoms with van der Waals surface area (Å²) in [6.07, 6.45) is 7.86. The van der Waals surface area contributed by atoms with Crippen LogP contribution in [0.15, 0.2) is 73.4 Å². The van der Waals surface area contributed by atoms with Gasteiger partial charge < -0.3 is 5.32 Å². The van der Waals surface area contributed by atoms with Gasteiger partial charge in [0.2, 0.25) is 0 Å². The molecule has 0 saturated carbocycles. The van der Waals surface area contributed by atoms with Crippen molar-refractivity contribution in [1.29, 1.82) is 0 Å². The molecule has 0 aliphatic heterocycles. The zero-order valence-electron chi connectivity index (χ0n) is 14.9. The average molecular weight is 406 g/mol. The highest BCUT2D eigenvalue weighted by Crippen LogP contribution is 2.33. The third-order valence-electron chi connectivity index (χ3n) is 4.10. The van der Waals surface area contributed by atoms with Crippen LogP contribution in [0, 0.1) is 5.82 Å². The Morgan fingerprint density at radius 2 is 1.62 bits per heavy atom. The van der Waals surface area contributed by atoms with Gasteiger partial charge >= 0.3 is 0 Å². The lowest BCUT2D eigenvalue weighted by atomic mass is 10.1. The van der Waals surface area contributed by atoms with E-state index in [1.807, 2.05) is 0 Å². The Morgan fingerprint density at radius 3 is 2.34 bits per heavy atom. The number of amides is 1. The third kappa shape index (κ3) is 4.09. The van der Waals surface area contributed by atoms with Gasteiger partial charge in [-0.15, -0.1) is 0 Å². The van der Waals surface area contributed by atoms with Gasteiger partial charge in [0.1, 0.15) is 5.82 Å². The number of rotatable bonds is 4. The fourth-order valence-corrected chi connectivity index (χ4v) is 2.92. The van der Waals surface area contributed by atoms with Crippen LogP contribution in [0.1, 0.15) is 10.4 Å². The van der Waals surface area contributed by atoms with Crippen LogP contribution in [-0.2, 0) is 0 Å². The predicted octanol–water partition coefficient (Wildman–Crippen LogP) is 4.65. The molecule has 0 unspecified atom stereocenters. The number of carbonyl (C=O) groups excluding carboxylic acids is 1. The topological polar surface area (TPSA) is 80.7 Å². The van der Waals surface area contributed by atoms with E-state index in [0.29, 0.717) is 27.5 Å². The van der Waals surface area contributed by atoms with E-state index in [0.717, 1.165) is 5.56 Å². The van der Waals surface area contributed by atoms with Crippen LogP contribution in [0.4, 0.5) is 10.2 Å². The number of aromatic nitrogens is 4. The van der Waals surface area contributed by atoms with Crippen LogP contribution < -0.4 is 5.32 Å². The van der Waals surface area contributed by atoms with Gasteiger partial charge in [-0.05, 0) is 42.5 Å². The number of benzene rings is 1. The maximum Gasteiger partial charge on any atom is 0.256 e. The lowest BCUT2D eigenvalue weighted by Crippen LogP contribution is -2.13. The van der Waals surface area contributed by atoms with E-state index in [2.05, 4.69) is 25.3 Å². The Labute approximate surface area is 170 Å². The molecule has 6 nitrogen and oxygen atoms in total. The average Bonchev–Trinajstić information content (AvgIpc) is 2.75. The first kappa shape index (κ1) is 18.6. The summed E-state index contributed by atoms with van der Waals surface area (Å²) in [5.74, 6) is -0.588. The first-order valence-corrected chi connectivity index (χ1v) is 8.94. The zero-order chi connectivity index (χ0) is 20.2. The molecule has 0 bridgehead atoms. The molecular formula is C21H13ClFN5O. The van der Waals surface area contributed by atoms with Gasteiger partial charge in [0, 0.05) is 41.5 Å².